The van der Waals surface area contributed by atoms with Crippen molar-refractivity contribution in [1.82, 2.24) is 5.43 Å². The van der Waals surface area contributed by atoms with Gasteiger partial charge in [-0.2, -0.15) is 27.1 Å². The van der Waals surface area contributed by atoms with Crippen LogP contribution in [0.15, 0.2) is 81.6 Å². The molecule has 36 heavy (non-hydrogen) atoms. The molecule has 0 bridgehead atoms. The van der Waals surface area contributed by atoms with Crippen molar-refractivity contribution < 1.29 is 61.8 Å². The zero-order chi connectivity index (χ0) is 25.5. The van der Waals surface area contributed by atoms with Crippen molar-refractivity contribution >= 4 is 65.7 Å². The predicted octanol–water partition coefficient (Wildman–Crippen LogP) is -0.0827. The Labute approximate surface area is 242 Å². The number of hydrazone groups is 1. The molecule has 17 heteroatoms. The maximum atomic E-state index is 12.0. The number of halogens is 1. The summed E-state index contributed by atoms with van der Waals surface area (Å²) in [6, 6.07) is 15.1. The fraction of sp³-hybridized carbons (Fsp3) is 0. The molecule has 0 saturated carbocycles. The zero-order valence-corrected chi connectivity index (χ0v) is 24.0. The van der Waals surface area contributed by atoms with Crippen LogP contribution in [-0.4, -0.2) is 36.7 Å². The first-order valence-corrected chi connectivity index (χ1v) is 13.4. The minimum Gasteiger partial charge on any atom is -1.00 e. The molecule has 1 aliphatic heterocycles. The predicted molar refractivity (Wildman–Crippen MR) is 134 cm³/mol. The minimum atomic E-state index is -4.95. The molecule has 3 aromatic carbocycles. The van der Waals surface area contributed by atoms with E-state index in [2.05, 4.69) is 33.1 Å². The van der Waals surface area contributed by atoms with Gasteiger partial charge in [-0.25, -0.2) is 0 Å². The van der Waals surface area contributed by atoms with Crippen LogP contribution in [0.1, 0.15) is 6.99 Å². The second kappa shape index (κ2) is 10.6. The molecule has 0 unspecified atom stereocenters. The minimum absolute atomic E-state index is 0. The van der Waals surface area contributed by atoms with Crippen LogP contribution in [0, 0.1) is 13.7 Å². The summed E-state index contributed by atoms with van der Waals surface area (Å²) >= 11 is 2.11. The Hall–Kier alpha value is -2.32. The molecule has 0 spiro atoms. The Bertz CT molecular complexity index is 1570. The number of hydrogen-bond acceptors (Lipinski definition) is 10. The van der Waals surface area contributed by atoms with E-state index in [4.69, 9.17) is 0 Å². The van der Waals surface area contributed by atoms with Crippen LogP contribution in [0.25, 0.3) is 0 Å². The third kappa shape index (κ3) is 5.97. The largest absolute Gasteiger partial charge is 1.00 e. The fourth-order valence-corrected chi connectivity index (χ4v) is 4.79. The number of nitrogens with zero attached hydrogens (tertiary/aromatic N) is 4. The second-order valence-corrected chi connectivity index (χ2v) is 11.1. The van der Waals surface area contributed by atoms with E-state index in [1.807, 2.05) is 0 Å². The summed E-state index contributed by atoms with van der Waals surface area (Å²) in [6.07, 6.45) is 0. The van der Waals surface area contributed by atoms with E-state index in [-0.39, 0.29) is 48.1 Å². The van der Waals surface area contributed by atoms with Crippen molar-refractivity contribution in [2.75, 3.05) is 10.2 Å². The standard InChI is InChI=1S/C19H14IN5O8S2.Na.H/c20-12-1-3-13(4-2-12)23-21-19(22-24(23)14-5-7-15(8-6-14)25(26)27)17-10-9-16(34(28,29)30)11-18(17)35(31,32)33;;/h1-11H,(H,21,22)(H,28,29,30)(H,31,32,33);;/q;+1;-1. The van der Waals surface area contributed by atoms with Gasteiger partial charge in [-0.3, -0.25) is 24.6 Å². The van der Waals surface area contributed by atoms with Gasteiger partial charge in [0, 0.05) is 21.3 Å². The van der Waals surface area contributed by atoms with E-state index in [0.717, 1.165) is 15.7 Å². The molecule has 0 atom stereocenters. The molecule has 1 aliphatic rings. The van der Waals surface area contributed by atoms with Gasteiger partial charge in [-0.05, 0) is 77.2 Å². The Morgan fingerprint density at radius 3 is 2.03 bits per heavy atom. The third-order valence-corrected chi connectivity index (χ3v) is 7.20. The molecule has 3 aromatic rings. The van der Waals surface area contributed by atoms with Crippen LogP contribution in [0.2, 0.25) is 0 Å². The number of nitro groups is 1. The van der Waals surface area contributed by atoms with Gasteiger partial charge >= 0.3 is 29.6 Å². The first kappa shape index (κ1) is 28.3. The molecule has 4 rings (SSSR count). The molecular formula is C19H15IN5NaO8S2. The maximum absolute atomic E-state index is 12.0. The molecule has 184 valence electrons. The molecule has 3 N–H and O–H groups in total. The van der Waals surface area contributed by atoms with Crippen molar-refractivity contribution in [2.24, 2.45) is 5.10 Å². The van der Waals surface area contributed by atoms with E-state index in [9.17, 15) is 36.1 Å². The van der Waals surface area contributed by atoms with Crippen molar-refractivity contribution in [1.29, 1.82) is 0 Å². The number of non-ortho nitro benzene ring substituents is 1. The molecule has 0 aromatic heterocycles. The zero-order valence-electron chi connectivity index (χ0n) is 19.2. The van der Waals surface area contributed by atoms with Gasteiger partial charge in [-0.1, -0.05) is 0 Å². The number of hydrogen-bond donors (Lipinski definition) is 3. The maximum Gasteiger partial charge on any atom is 1.00 e. The topological polar surface area (TPSA) is 183 Å². The normalized spacial score (nSPS) is 13.6. The summed E-state index contributed by atoms with van der Waals surface area (Å²) in [5.41, 5.74) is 3.42. The van der Waals surface area contributed by atoms with Gasteiger partial charge < -0.3 is 1.43 Å². The smallest absolute Gasteiger partial charge is 1.00 e. The number of amidine groups is 1. The van der Waals surface area contributed by atoms with Gasteiger partial charge in [0.25, 0.3) is 25.9 Å². The average Bonchev–Trinajstić information content (AvgIpc) is 3.23. The van der Waals surface area contributed by atoms with Crippen molar-refractivity contribution in [3.8, 4) is 0 Å². The van der Waals surface area contributed by atoms with Gasteiger partial charge in [0.15, 0.2) is 5.84 Å². The van der Waals surface area contributed by atoms with Crippen molar-refractivity contribution in [3.63, 3.8) is 0 Å². The Kier molecular flexibility index (Phi) is 8.30. The first-order chi connectivity index (χ1) is 16.3. The Balaban J connectivity index is 0.00000241. The molecule has 13 nitrogen and oxygen atoms in total. The SMILES string of the molecule is O=[N+]([O-])c1ccc(N2NC(c3ccc(S(=O)(=O)O)cc3S(=O)(=O)O)=NN2c2ccc(I)cc2)cc1.[H-].[Na+]. The van der Waals surface area contributed by atoms with E-state index < -0.39 is 35.0 Å². The van der Waals surface area contributed by atoms with Crippen LogP contribution in [0.5, 0.6) is 0 Å². The van der Waals surface area contributed by atoms with E-state index in [1.165, 1.54) is 34.5 Å². The van der Waals surface area contributed by atoms with Gasteiger partial charge in [-0.15, -0.1) is 5.10 Å². The molecular weight excluding hydrogens is 640 g/mol. The summed E-state index contributed by atoms with van der Waals surface area (Å²) in [5, 5.41) is 18.1. The first-order valence-electron chi connectivity index (χ1n) is 9.39. The van der Waals surface area contributed by atoms with Crippen molar-refractivity contribution in [2.45, 2.75) is 9.79 Å². The van der Waals surface area contributed by atoms with Crippen LogP contribution in [0.4, 0.5) is 17.1 Å². The number of rotatable bonds is 6. The summed E-state index contributed by atoms with van der Waals surface area (Å²) in [5.74, 6) is -0.101. The van der Waals surface area contributed by atoms with Crippen LogP contribution < -0.4 is 45.2 Å². The fourth-order valence-electron chi connectivity index (χ4n) is 3.13. The molecule has 0 fully saturated rings. The average molecular weight is 655 g/mol. The monoisotopic (exact) mass is 655 g/mol. The molecule has 0 amide bonds. The molecule has 1 heterocycles. The number of benzene rings is 3. The molecule has 0 radical (unpaired) electrons. The Morgan fingerprint density at radius 2 is 1.50 bits per heavy atom. The molecule has 0 aliphatic carbocycles. The van der Waals surface area contributed by atoms with Gasteiger partial charge in [0.05, 0.1) is 21.2 Å². The summed E-state index contributed by atoms with van der Waals surface area (Å²) in [7, 11) is -9.71. The van der Waals surface area contributed by atoms with Gasteiger partial charge in [0.1, 0.15) is 4.90 Å². The number of nitro benzene ring substituents is 1. The summed E-state index contributed by atoms with van der Waals surface area (Å²) in [6.45, 7) is 0. The van der Waals surface area contributed by atoms with E-state index >= 15 is 0 Å². The van der Waals surface area contributed by atoms with Crippen LogP contribution >= 0.6 is 22.6 Å². The molecule has 0 saturated heterocycles. The van der Waals surface area contributed by atoms with Crippen LogP contribution in [-0.2, 0) is 20.2 Å². The number of anilines is 2. The van der Waals surface area contributed by atoms with E-state index in [0.29, 0.717) is 17.4 Å². The van der Waals surface area contributed by atoms with Crippen molar-refractivity contribution in [3.05, 3.63) is 86.0 Å². The van der Waals surface area contributed by atoms with Gasteiger partial charge in [0.2, 0.25) is 0 Å². The van der Waals surface area contributed by atoms with E-state index in [1.54, 1.807) is 24.3 Å². The number of nitrogens with one attached hydrogen (secondary N) is 1. The quantitative estimate of drug-likeness (QED) is 0.106. The third-order valence-electron chi connectivity index (χ3n) is 4.74. The van der Waals surface area contributed by atoms with Crippen LogP contribution in [0.3, 0.4) is 0 Å². The second-order valence-electron chi connectivity index (χ2n) is 7.02. The summed E-state index contributed by atoms with van der Waals surface area (Å²) in [4.78, 5) is 8.90. The Morgan fingerprint density at radius 1 is 0.917 bits per heavy atom. The summed E-state index contributed by atoms with van der Waals surface area (Å²) < 4.78 is 67.0. The number of hydrazine groups is 2.